The molecular weight excluding hydrogens is 234 g/mol. The number of anilines is 1. The van der Waals surface area contributed by atoms with Crippen LogP contribution >= 0.6 is 0 Å². The Morgan fingerprint density at radius 2 is 2.16 bits per heavy atom. The van der Waals surface area contributed by atoms with E-state index in [9.17, 15) is 0 Å². The Hall–Kier alpha value is -1.61. The van der Waals surface area contributed by atoms with Crippen molar-refractivity contribution < 1.29 is 0 Å². The average molecular weight is 255 g/mol. The number of aromatic nitrogens is 1. The van der Waals surface area contributed by atoms with E-state index in [1.165, 1.54) is 18.4 Å². The summed E-state index contributed by atoms with van der Waals surface area (Å²) in [5.74, 6) is 0. The monoisotopic (exact) mass is 255 g/mol. The summed E-state index contributed by atoms with van der Waals surface area (Å²) in [6.07, 6.45) is 3.16. The van der Waals surface area contributed by atoms with Gasteiger partial charge in [0.1, 0.15) is 0 Å². The summed E-state index contributed by atoms with van der Waals surface area (Å²) in [5, 5.41) is 4.81. The standard InChI is InChI=1S/C16H21N3/c1-12(2)19-8-7-14(11-19)18-15-9-13-5-3-4-6-16(13)17-10-15/h3-6,9-10,12,14,18H,7-8,11H2,1-2H3. The highest BCUT2D eigenvalue weighted by Crippen LogP contribution is 2.20. The fourth-order valence-electron chi connectivity index (χ4n) is 2.76. The summed E-state index contributed by atoms with van der Waals surface area (Å²) in [7, 11) is 0. The molecule has 1 aromatic carbocycles. The van der Waals surface area contributed by atoms with Gasteiger partial charge in [-0.05, 0) is 32.4 Å². The van der Waals surface area contributed by atoms with E-state index in [0.29, 0.717) is 12.1 Å². The molecule has 1 fully saturated rings. The lowest BCUT2D eigenvalue weighted by Gasteiger charge is -2.20. The molecule has 1 saturated heterocycles. The average Bonchev–Trinajstić information content (AvgIpc) is 2.87. The summed E-state index contributed by atoms with van der Waals surface area (Å²) in [6.45, 7) is 6.85. The third-order valence-electron chi connectivity index (χ3n) is 3.91. The molecule has 3 nitrogen and oxygen atoms in total. The first-order chi connectivity index (χ1) is 9.22. The van der Waals surface area contributed by atoms with Crippen molar-refractivity contribution in [3.8, 4) is 0 Å². The zero-order valence-electron chi connectivity index (χ0n) is 11.6. The van der Waals surface area contributed by atoms with Gasteiger partial charge in [0.15, 0.2) is 0 Å². The van der Waals surface area contributed by atoms with Crippen molar-refractivity contribution in [2.45, 2.75) is 32.4 Å². The lowest BCUT2D eigenvalue weighted by atomic mass is 10.2. The summed E-state index contributed by atoms with van der Waals surface area (Å²) >= 11 is 0. The summed E-state index contributed by atoms with van der Waals surface area (Å²) in [6, 6.07) is 11.6. The number of hydrogen-bond acceptors (Lipinski definition) is 3. The maximum Gasteiger partial charge on any atom is 0.0703 e. The highest BCUT2D eigenvalue weighted by molar-refractivity contribution is 5.81. The Morgan fingerprint density at radius 3 is 2.95 bits per heavy atom. The number of para-hydroxylation sites is 1. The molecule has 0 spiro atoms. The van der Waals surface area contributed by atoms with Crippen LogP contribution in [0.3, 0.4) is 0 Å². The first kappa shape index (κ1) is 12.4. The van der Waals surface area contributed by atoms with E-state index in [-0.39, 0.29) is 0 Å². The molecule has 0 aliphatic carbocycles. The first-order valence-electron chi connectivity index (χ1n) is 7.08. The van der Waals surface area contributed by atoms with Crippen molar-refractivity contribution >= 4 is 16.6 Å². The lowest BCUT2D eigenvalue weighted by Crippen LogP contribution is -2.31. The van der Waals surface area contributed by atoms with E-state index in [4.69, 9.17) is 0 Å². The molecule has 0 saturated carbocycles. The van der Waals surface area contributed by atoms with Crippen LogP contribution < -0.4 is 5.32 Å². The van der Waals surface area contributed by atoms with Gasteiger partial charge in [0.25, 0.3) is 0 Å². The van der Waals surface area contributed by atoms with Crippen molar-refractivity contribution in [2.75, 3.05) is 18.4 Å². The van der Waals surface area contributed by atoms with Crippen molar-refractivity contribution in [3.05, 3.63) is 36.5 Å². The van der Waals surface area contributed by atoms with E-state index < -0.39 is 0 Å². The number of benzene rings is 1. The molecule has 3 heteroatoms. The highest BCUT2D eigenvalue weighted by Gasteiger charge is 2.23. The highest BCUT2D eigenvalue weighted by atomic mass is 15.2. The third-order valence-corrected chi connectivity index (χ3v) is 3.91. The van der Waals surface area contributed by atoms with Crippen molar-refractivity contribution in [2.24, 2.45) is 0 Å². The number of hydrogen-bond donors (Lipinski definition) is 1. The quantitative estimate of drug-likeness (QED) is 0.913. The fraction of sp³-hybridized carbons (Fsp3) is 0.438. The second-order valence-corrected chi connectivity index (χ2v) is 5.64. The maximum absolute atomic E-state index is 4.50. The van der Waals surface area contributed by atoms with E-state index in [1.807, 2.05) is 12.3 Å². The molecule has 2 aromatic rings. The minimum atomic E-state index is 0.547. The van der Waals surface area contributed by atoms with Crippen molar-refractivity contribution in [1.82, 2.24) is 9.88 Å². The fourth-order valence-corrected chi connectivity index (χ4v) is 2.76. The molecule has 2 heterocycles. The predicted octanol–water partition coefficient (Wildman–Crippen LogP) is 3.13. The first-order valence-corrected chi connectivity index (χ1v) is 7.08. The van der Waals surface area contributed by atoms with Crippen molar-refractivity contribution in [1.29, 1.82) is 0 Å². The Balaban J connectivity index is 1.72. The minimum absolute atomic E-state index is 0.547. The van der Waals surface area contributed by atoms with E-state index in [1.54, 1.807) is 0 Å². The van der Waals surface area contributed by atoms with Crippen LogP contribution in [-0.4, -0.2) is 35.1 Å². The Labute approximate surface area is 114 Å². The molecule has 1 atom stereocenters. The number of fused-ring (bicyclic) bond motifs is 1. The van der Waals surface area contributed by atoms with Crippen LogP contribution in [0.4, 0.5) is 5.69 Å². The maximum atomic E-state index is 4.50. The lowest BCUT2D eigenvalue weighted by molar-refractivity contribution is 0.274. The van der Waals surface area contributed by atoms with Crippen LogP contribution in [0.15, 0.2) is 36.5 Å². The zero-order valence-corrected chi connectivity index (χ0v) is 11.6. The molecule has 1 aliphatic heterocycles. The van der Waals surface area contributed by atoms with Crippen LogP contribution in [0.5, 0.6) is 0 Å². The van der Waals surface area contributed by atoms with E-state index in [2.05, 4.69) is 53.3 Å². The molecular formula is C16H21N3. The molecule has 0 amide bonds. The van der Waals surface area contributed by atoms with Crippen LogP contribution in [0.2, 0.25) is 0 Å². The van der Waals surface area contributed by atoms with Gasteiger partial charge in [0, 0.05) is 30.6 Å². The second-order valence-electron chi connectivity index (χ2n) is 5.64. The minimum Gasteiger partial charge on any atom is -0.380 e. The molecule has 0 bridgehead atoms. The molecule has 1 aromatic heterocycles. The van der Waals surface area contributed by atoms with Gasteiger partial charge in [-0.2, -0.15) is 0 Å². The summed E-state index contributed by atoms with van der Waals surface area (Å²) in [5.41, 5.74) is 2.19. The van der Waals surface area contributed by atoms with Gasteiger partial charge in [-0.25, -0.2) is 0 Å². The molecule has 1 unspecified atom stereocenters. The SMILES string of the molecule is CC(C)N1CCC(Nc2cnc3ccccc3c2)C1. The molecule has 19 heavy (non-hydrogen) atoms. The Morgan fingerprint density at radius 1 is 1.32 bits per heavy atom. The zero-order chi connectivity index (χ0) is 13.2. The smallest absolute Gasteiger partial charge is 0.0703 e. The molecule has 100 valence electrons. The Bertz CT molecular complexity index is 565. The number of rotatable bonds is 3. The van der Waals surface area contributed by atoms with Gasteiger partial charge in [-0.15, -0.1) is 0 Å². The Kier molecular flexibility index (Phi) is 3.38. The van der Waals surface area contributed by atoms with Gasteiger partial charge in [0.05, 0.1) is 17.4 Å². The van der Waals surface area contributed by atoms with E-state index in [0.717, 1.165) is 17.7 Å². The van der Waals surface area contributed by atoms with Gasteiger partial charge >= 0.3 is 0 Å². The van der Waals surface area contributed by atoms with Gasteiger partial charge in [-0.1, -0.05) is 18.2 Å². The van der Waals surface area contributed by atoms with Crippen LogP contribution in [-0.2, 0) is 0 Å². The largest absolute Gasteiger partial charge is 0.380 e. The third kappa shape index (κ3) is 2.71. The predicted molar refractivity (Wildman–Crippen MR) is 80.5 cm³/mol. The molecule has 1 N–H and O–H groups in total. The number of nitrogens with one attached hydrogen (secondary N) is 1. The molecule has 1 aliphatic rings. The molecule has 0 radical (unpaired) electrons. The number of likely N-dealkylation sites (tertiary alicyclic amines) is 1. The summed E-state index contributed by atoms with van der Waals surface area (Å²) in [4.78, 5) is 7.02. The second kappa shape index (κ2) is 5.17. The van der Waals surface area contributed by atoms with Crippen LogP contribution in [0, 0.1) is 0 Å². The topological polar surface area (TPSA) is 28.2 Å². The summed E-state index contributed by atoms with van der Waals surface area (Å²) < 4.78 is 0. The van der Waals surface area contributed by atoms with E-state index >= 15 is 0 Å². The van der Waals surface area contributed by atoms with Crippen molar-refractivity contribution in [3.63, 3.8) is 0 Å². The van der Waals surface area contributed by atoms with Gasteiger partial charge in [0.2, 0.25) is 0 Å². The normalized spacial score (nSPS) is 20.3. The van der Waals surface area contributed by atoms with Gasteiger partial charge in [-0.3, -0.25) is 9.88 Å². The van der Waals surface area contributed by atoms with Crippen LogP contribution in [0.1, 0.15) is 20.3 Å². The number of pyridine rings is 1. The molecule has 3 rings (SSSR count). The van der Waals surface area contributed by atoms with Gasteiger partial charge < -0.3 is 5.32 Å². The number of nitrogens with zero attached hydrogens (tertiary/aromatic N) is 2. The van der Waals surface area contributed by atoms with Crippen LogP contribution in [0.25, 0.3) is 10.9 Å².